The van der Waals surface area contributed by atoms with E-state index in [1.165, 1.54) is 11.0 Å². The fraction of sp³-hybridized carbons (Fsp3) is 0.250. The van der Waals surface area contributed by atoms with Crippen LogP contribution in [-0.4, -0.2) is 30.8 Å². The number of carbonyl (C=O) groups is 1. The first-order chi connectivity index (χ1) is 7.56. The number of hydrogen-bond donors (Lipinski definition) is 0. The van der Waals surface area contributed by atoms with E-state index in [1.807, 2.05) is 0 Å². The van der Waals surface area contributed by atoms with Gasteiger partial charge in [0, 0.05) is 0 Å². The van der Waals surface area contributed by atoms with E-state index in [2.05, 4.69) is 5.92 Å². The molecule has 0 saturated carbocycles. The minimum atomic E-state index is -0.848. The van der Waals surface area contributed by atoms with Gasteiger partial charge in [0.2, 0.25) is 0 Å². The minimum absolute atomic E-state index is 0.109. The monoisotopic (exact) mass is 223 g/mol. The topological polar surface area (TPSA) is 20.3 Å². The van der Waals surface area contributed by atoms with E-state index in [4.69, 9.17) is 6.42 Å². The number of likely N-dealkylation sites (N-methyl/N-ethyl adjacent to an activating group) is 1. The standard InChI is InChI=1S/C12H11F2NO/c1-3-7-15(2)8-11(16)12-9(13)5-4-6-10(12)14/h1,4-6H,7-8H2,2H3. The van der Waals surface area contributed by atoms with Gasteiger partial charge >= 0.3 is 0 Å². The lowest BCUT2D eigenvalue weighted by Gasteiger charge is -2.12. The van der Waals surface area contributed by atoms with E-state index < -0.39 is 23.0 Å². The Labute approximate surface area is 92.9 Å². The molecular formula is C12H11F2NO. The number of rotatable bonds is 4. The highest BCUT2D eigenvalue weighted by Crippen LogP contribution is 2.12. The first-order valence-corrected chi connectivity index (χ1v) is 4.65. The van der Waals surface area contributed by atoms with Crippen molar-refractivity contribution in [3.63, 3.8) is 0 Å². The Morgan fingerprint density at radius 2 is 2.00 bits per heavy atom. The summed E-state index contributed by atoms with van der Waals surface area (Å²) in [5.41, 5.74) is -0.508. The highest BCUT2D eigenvalue weighted by molar-refractivity contribution is 5.98. The maximum Gasteiger partial charge on any atom is 0.182 e. The molecule has 0 spiro atoms. The first kappa shape index (κ1) is 12.3. The zero-order valence-corrected chi connectivity index (χ0v) is 8.84. The van der Waals surface area contributed by atoms with Gasteiger partial charge in [-0.2, -0.15) is 0 Å². The largest absolute Gasteiger partial charge is 0.292 e. The van der Waals surface area contributed by atoms with Gasteiger partial charge in [0.15, 0.2) is 5.78 Å². The SMILES string of the molecule is C#CCN(C)CC(=O)c1c(F)cccc1F. The molecule has 1 rings (SSSR count). The lowest BCUT2D eigenvalue weighted by Crippen LogP contribution is -2.27. The fourth-order valence-corrected chi connectivity index (χ4v) is 1.30. The molecule has 16 heavy (non-hydrogen) atoms. The van der Waals surface area contributed by atoms with Crippen molar-refractivity contribution >= 4 is 5.78 Å². The van der Waals surface area contributed by atoms with Gasteiger partial charge in [-0.25, -0.2) is 8.78 Å². The quantitative estimate of drug-likeness (QED) is 0.572. The maximum atomic E-state index is 13.2. The van der Waals surface area contributed by atoms with Gasteiger partial charge in [-0.1, -0.05) is 12.0 Å². The third-order valence-corrected chi connectivity index (χ3v) is 2.02. The van der Waals surface area contributed by atoms with Crippen LogP contribution in [0, 0.1) is 24.0 Å². The fourth-order valence-electron chi connectivity index (χ4n) is 1.30. The van der Waals surface area contributed by atoms with Crippen LogP contribution in [0.1, 0.15) is 10.4 Å². The predicted octanol–water partition coefficient (Wildman–Crippen LogP) is 1.71. The van der Waals surface area contributed by atoms with Crippen molar-refractivity contribution in [3.8, 4) is 12.3 Å². The Bertz CT molecular complexity index is 417. The van der Waals surface area contributed by atoms with Crippen molar-refractivity contribution in [2.24, 2.45) is 0 Å². The number of Topliss-reactive ketones (excluding diaryl/α,β-unsaturated/α-hetero) is 1. The summed E-state index contributed by atoms with van der Waals surface area (Å²) in [6, 6.07) is 3.32. The number of carbonyl (C=O) groups excluding carboxylic acids is 1. The van der Waals surface area contributed by atoms with Crippen LogP contribution in [0.25, 0.3) is 0 Å². The van der Waals surface area contributed by atoms with Gasteiger partial charge in [0.1, 0.15) is 11.6 Å². The molecule has 1 aromatic carbocycles. The lowest BCUT2D eigenvalue weighted by molar-refractivity contribution is 0.0944. The molecule has 0 N–H and O–H groups in total. The predicted molar refractivity (Wildman–Crippen MR) is 57.0 cm³/mol. The molecule has 0 aliphatic carbocycles. The molecule has 0 radical (unpaired) electrons. The molecule has 0 saturated heterocycles. The van der Waals surface area contributed by atoms with Crippen molar-refractivity contribution < 1.29 is 13.6 Å². The van der Waals surface area contributed by atoms with Crippen LogP contribution >= 0.6 is 0 Å². The van der Waals surface area contributed by atoms with Crippen molar-refractivity contribution in [2.75, 3.05) is 20.1 Å². The molecule has 0 amide bonds. The van der Waals surface area contributed by atoms with E-state index in [0.717, 1.165) is 12.1 Å². The molecule has 0 heterocycles. The molecule has 0 aliphatic rings. The van der Waals surface area contributed by atoms with Crippen LogP contribution < -0.4 is 0 Å². The van der Waals surface area contributed by atoms with Crippen LogP contribution in [-0.2, 0) is 0 Å². The molecule has 0 atom stereocenters. The normalized spacial score (nSPS) is 10.2. The summed E-state index contributed by atoms with van der Waals surface area (Å²) in [6.45, 7) is 0.143. The van der Waals surface area contributed by atoms with Crippen LogP contribution in [0.15, 0.2) is 18.2 Å². The highest BCUT2D eigenvalue weighted by Gasteiger charge is 2.17. The molecule has 0 aromatic heterocycles. The Hall–Kier alpha value is -1.73. The van der Waals surface area contributed by atoms with Crippen LogP contribution in [0.3, 0.4) is 0 Å². The summed E-state index contributed by atoms with van der Waals surface area (Å²) in [5.74, 6) is 0.0264. The lowest BCUT2D eigenvalue weighted by atomic mass is 10.1. The van der Waals surface area contributed by atoms with E-state index in [0.29, 0.717) is 0 Å². The molecule has 84 valence electrons. The second kappa shape index (κ2) is 5.38. The molecule has 0 unspecified atom stereocenters. The van der Waals surface area contributed by atoms with Crippen molar-refractivity contribution in [2.45, 2.75) is 0 Å². The van der Waals surface area contributed by atoms with Gasteiger partial charge in [0.05, 0.1) is 18.7 Å². The second-order valence-corrected chi connectivity index (χ2v) is 3.40. The van der Waals surface area contributed by atoms with Crippen LogP contribution in [0.4, 0.5) is 8.78 Å². The number of nitrogens with zero attached hydrogens (tertiary/aromatic N) is 1. The Morgan fingerprint density at radius 1 is 1.44 bits per heavy atom. The number of ketones is 1. The minimum Gasteiger partial charge on any atom is -0.292 e. The summed E-state index contributed by atoms with van der Waals surface area (Å²) < 4.78 is 26.4. The second-order valence-electron chi connectivity index (χ2n) is 3.40. The molecule has 1 aromatic rings. The van der Waals surface area contributed by atoms with Crippen LogP contribution in [0.2, 0.25) is 0 Å². The smallest absolute Gasteiger partial charge is 0.182 e. The number of halogens is 2. The summed E-state index contributed by atoms with van der Waals surface area (Å²) in [6.07, 6.45) is 5.05. The molecule has 4 heteroatoms. The third-order valence-electron chi connectivity index (χ3n) is 2.02. The summed E-state index contributed by atoms with van der Waals surface area (Å²) in [7, 11) is 1.61. The van der Waals surface area contributed by atoms with Gasteiger partial charge < -0.3 is 0 Å². The average Bonchev–Trinajstić information content (AvgIpc) is 2.17. The number of benzene rings is 1. The van der Waals surface area contributed by atoms with Gasteiger partial charge in [-0.3, -0.25) is 9.69 Å². The van der Waals surface area contributed by atoms with E-state index in [-0.39, 0.29) is 13.1 Å². The van der Waals surface area contributed by atoms with Gasteiger partial charge in [0.25, 0.3) is 0 Å². The zero-order chi connectivity index (χ0) is 12.1. The Kier molecular flexibility index (Phi) is 4.15. The third kappa shape index (κ3) is 2.88. The molecular weight excluding hydrogens is 212 g/mol. The van der Waals surface area contributed by atoms with Crippen LogP contribution in [0.5, 0.6) is 0 Å². The van der Waals surface area contributed by atoms with E-state index in [1.54, 1.807) is 7.05 Å². The van der Waals surface area contributed by atoms with Crippen molar-refractivity contribution in [1.82, 2.24) is 4.90 Å². The molecule has 0 fully saturated rings. The van der Waals surface area contributed by atoms with E-state index >= 15 is 0 Å². The molecule has 0 aliphatic heterocycles. The number of hydrogen-bond acceptors (Lipinski definition) is 2. The van der Waals surface area contributed by atoms with E-state index in [9.17, 15) is 13.6 Å². The highest BCUT2D eigenvalue weighted by atomic mass is 19.1. The summed E-state index contributed by atoms with van der Waals surface area (Å²) in [4.78, 5) is 13.1. The van der Waals surface area contributed by atoms with Gasteiger partial charge in [-0.15, -0.1) is 6.42 Å². The zero-order valence-electron chi connectivity index (χ0n) is 8.84. The molecule has 2 nitrogen and oxygen atoms in total. The number of terminal acetylenes is 1. The maximum absolute atomic E-state index is 13.2. The summed E-state index contributed by atoms with van der Waals surface area (Å²) >= 11 is 0. The van der Waals surface area contributed by atoms with Gasteiger partial charge in [-0.05, 0) is 19.2 Å². The Balaban J connectivity index is 2.85. The van der Waals surface area contributed by atoms with Crippen molar-refractivity contribution in [3.05, 3.63) is 35.4 Å². The van der Waals surface area contributed by atoms with Crippen molar-refractivity contribution in [1.29, 1.82) is 0 Å². The average molecular weight is 223 g/mol. The Morgan fingerprint density at radius 3 is 2.50 bits per heavy atom. The molecule has 0 bridgehead atoms. The summed E-state index contributed by atoms with van der Waals surface area (Å²) in [5, 5.41) is 0. The first-order valence-electron chi connectivity index (χ1n) is 4.65.